The third-order valence-corrected chi connectivity index (χ3v) is 5.25. The van der Waals surface area contributed by atoms with Crippen LogP contribution in [0.25, 0.3) is 11.1 Å². The van der Waals surface area contributed by atoms with E-state index in [1.807, 2.05) is 6.07 Å². The van der Waals surface area contributed by atoms with E-state index in [9.17, 15) is 4.39 Å². The molecule has 0 nitrogen and oxygen atoms in total. The van der Waals surface area contributed by atoms with Crippen molar-refractivity contribution in [3.8, 4) is 11.1 Å². The fourth-order valence-corrected chi connectivity index (χ4v) is 4.48. The predicted octanol–water partition coefficient (Wildman–Crippen LogP) is 5.36. The van der Waals surface area contributed by atoms with E-state index < -0.39 is 0 Å². The summed E-state index contributed by atoms with van der Waals surface area (Å²) in [5.41, 5.74) is 6.74. The fraction of sp³-hybridized carbons (Fsp3) is 0.368. The summed E-state index contributed by atoms with van der Waals surface area (Å²) in [5.74, 6) is -0.0980. The minimum Gasteiger partial charge on any atom is -0.207 e. The molecule has 2 aromatic carbocycles. The van der Waals surface area contributed by atoms with Gasteiger partial charge >= 0.3 is 0 Å². The van der Waals surface area contributed by atoms with E-state index in [0.717, 1.165) is 0 Å². The molecule has 4 rings (SSSR count). The zero-order chi connectivity index (χ0) is 13.7. The summed E-state index contributed by atoms with van der Waals surface area (Å²) in [4.78, 5) is 0. The van der Waals surface area contributed by atoms with Crippen LogP contribution in [0.3, 0.4) is 0 Å². The smallest absolute Gasteiger partial charge is 0.123 e. The zero-order valence-electron chi connectivity index (χ0n) is 11.9. The van der Waals surface area contributed by atoms with Gasteiger partial charge < -0.3 is 0 Å². The second-order valence-electron chi connectivity index (χ2n) is 6.33. The molecule has 0 amide bonds. The Morgan fingerprint density at radius 3 is 2.55 bits per heavy atom. The van der Waals surface area contributed by atoms with E-state index in [1.54, 1.807) is 12.1 Å². The van der Waals surface area contributed by atoms with E-state index in [4.69, 9.17) is 0 Å². The van der Waals surface area contributed by atoms with Gasteiger partial charge in [-0.05, 0) is 59.7 Å². The number of rotatable bonds is 0. The van der Waals surface area contributed by atoms with E-state index in [2.05, 4.69) is 25.1 Å². The van der Waals surface area contributed by atoms with E-state index >= 15 is 0 Å². The number of hydrogen-bond donors (Lipinski definition) is 0. The molecule has 0 saturated heterocycles. The number of benzene rings is 2. The molecule has 20 heavy (non-hydrogen) atoms. The van der Waals surface area contributed by atoms with Gasteiger partial charge in [0.2, 0.25) is 0 Å². The van der Waals surface area contributed by atoms with Gasteiger partial charge in [-0.15, -0.1) is 0 Å². The first-order valence-corrected chi connectivity index (χ1v) is 7.63. The van der Waals surface area contributed by atoms with Crippen molar-refractivity contribution in [3.63, 3.8) is 0 Å². The maximum atomic E-state index is 13.8. The molecular weight excluding hydrogens is 247 g/mol. The van der Waals surface area contributed by atoms with Gasteiger partial charge in [-0.3, -0.25) is 0 Å². The Bertz CT molecular complexity index is 678. The average molecular weight is 266 g/mol. The molecule has 1 saturated carbocycles. The van der Waals surface area contributed by atoms with Gasteiger partial charge in [0.05, 0.1) is 0 Å². The van der Waals surface area contributed by atoms with Gasteiger partial charge in [0.1, 0.15) is 5.82 Å². The van der Waals surface area contributed by atoms with Crippen molar-refractivity contribution in [1.82, 2.24) is 0 Å². The summed E-state index contributed by atoms with van der Waals surface area (Å²) in [6, 6.07) is 11.9. The highest BCUT2D eigenvalue weighted by Crippen LogP contribution is 2.56. The molecule has 1 heteroatoms. The first-order valence-electron chi connectivity index (χ1n) is 7.63. The topological polar surface area (TPSA) is 0 Å². The molecule has 0 atom stereocenters. The SMILES string of the molecule is Cc1cccc2c1C1(CCCCC1)c1cc(F)ccc1-2. The van der Waals surface area contributed by atoms with Crippen LogP contribution in [-0.2, 0) is 5.41 Å². The highest BCUT2D eigenvalue weighted by molar-refractivity contribution is 5.82. The minimum absolute atomic E-state index is 0.0797. The van der Waals surface area contributed by atoms with Crippen molar-refractivity contribution < 1.29 is 4.39 Å². The fourth-order valence-electron chi connectivity index (χ4n) is 4.48. The van der Waals surface area contributed by atoms with E-state index in [-0.39, 0.29) is 11.2 Å². The Morgan fingerprint density at radius 1 is 0.950 bits per heavy atom. The van der Waals surface area contributed by atoms with Crippen molar-refractivity contribution >= 4 is 0 Å². The number of aryl methyl sites for hydroxylation is 1. The summed E-state index contributed by atoms with van der Waals surface area (Å²) in [6.07, 6.45) is 6.16. The van der Waals surface area contributed by atoms with Crippen molar-refractivity contribution in [2.24, 2.45) is 0 Å². The lowest BCUT2D eigenvalue weighted by molar-refractivity contribution is 0.350. The molecule has 0 aliphatic heterocycles. The summed E-state index contributed by atoms with van der Waals surface area (Å²) >= 11 is 0. The first-order chi connectivity index (χ1) is 9.72. The lowest BCUT2D eigenvalue weighted by atomic mass is 9.67. The van der Waals surface area contributed by atoms with Gasteiger partial charge in [0.15, 0.2) is 0 Å². The van der Waals surface area contributed by atoms with Crippen molar-refractivity contribution in [2.45, 2.75) is 44.4 Å². The standard InChI is InChI=1S/C19H19F/c1-13-6-5-7-16-15-9-8-14(20)12-17(15)19(18(13)16)10-3-2-4-11-19/h5-9,12H,2-4,10-11H2,1H3. The maximum absolute atomic E-state index is 13.8. The molecule has 0 aromatic heterocycles. The van der Waals surface area contributed by atoms with Crippen LogP contribution in [0, 0.1) is 12.7 Å². The molecule has 2 aliphatic carbocycles. The number of fused-ring (bicyclic) bond motifs is 5. The van der Waals surface area contributed by atoms with Crippen molar-refractivity contribution in [2.75, 3.05) is 0 Å². The van der Waals surface area contributed by atoms with Gasteiger partial charge in [0.25, 0.3) is 0 Å². The predicted molar refractivity (Wildman–Crippen MR) is 80.4 cm³/mol. The largest absolute Gasteiger partial charge is 0.207 e. The lowest BCUT2D eigenvalue weighted by Gasteiger charge is -2.36. The molecule has 0 unspecified atom stereocenters. The normalized spacial score (nSPS) is 18.9. The van der Waals surface area contributed by atoms with Crippen LogP contribution in [0.2, 0.25) is 0 Å². The maximum Gasteiger partial charge on any atom is 0.123 e. The summed E-state index contributed by atoms with van der Waals surface area (Å²) in [7, 11) is 0. The molecule has 0 radical (unpaired) electrons. The van der Waals surface area contributed by atoms with Crippen LogP contribution < -0.4 is 0 Å². The molecule has 2 aromatic rings. The average Bonchev–Trinajstić information content (AvgIpc) is 2.72. The first kappa shape index (κ1) is 12.1. The number of hydrogen-bond acceptors (Lipinski definition) is 0. The van der Waals surface area contributed by atoms with Gasteiger partial charge in [-0.2, -0.15) is 0 Å². The van der Waals surface area contributed by atoms with Gasteiger partial charge in [-0.25, -0.2) is 4.39 Å². The van der Waals surface area contributed by atoms with E-state index in [0.29, 0.717) is 0 Å². The van der Waals surface area contributed by atoms with Crippen LogP contribution in [0.15, 0.2) is 36.4 Å². The quantitative estimate of drug-likeness (QED) is 0.601. The monoisotopic (exact) mass is 266 g/mol. The molecular formula is C19H19F. The van der Waals surface area contributed by atoms with Gasteiger partial charge in [-0.1, -0.05) is 43.5 Å². The highest BCUT2D eigenvalue weighted by Gasteiger charge is 2.44. The summed E-state index contributed by atoms with van der Waals surface area (Å²) < 4.78 is 13.8. The van der Waals surface area contributed by atoms with Crippen LogP contribution >= 0.6 is 0 Å². The van der Waals surface area contributed by atoms with Crippen molar-refractivity contribution in [3.05, 3.63) is 58.9 Å². The second kappa shape index (κ2) is 4.18. The molecule has 2 aliphatic rings. The Kier molecular flexibility index (Phi) is 2.54. The Hall–Kier alpha value is -1.63. The van der Waals surface area contributed by atoms with Crippen molar-refractivity contribution in [1.29, 1.82) is 0 Å². The zero-order valence-corrected chi connectivity index (χ0v) is 11.9. The second-order valence-corrected chi connectivity index (χ2v) is 6.33. The molecule has 0 N–H and O–H groups in total. The molecule has 0 heterocycles. The van der Waals surface area contributed by atoms with Crippen LogP contribution in [0.1, 0.15) is 48.8 Å². The third kappa shape index (κ3) is 1.47. The van der Waals surface area contributed by atoms with Gasteiger partial charge in [0, 0.05) is 5.41 Å². The highest BCUT2D eigenvalue weighted by atomic mass is 19.1. The molecule has 1 spiro atoms. The Morgan fingerprint density at radius 2 is 1.75 bits per heavy atom. The minimum atomic E-state index is -0.0980. The lowest BCUT2D eigenvalue weighted by Crippen LogP contribution is -2.29. The summed E-state index contributed by atoms with van der Waals surface area (Å²) in [5, 5.41) is 0. The van der Waals surface area contributed by atoms with Crippen LogP contribution in [0.5, 0.6) is 0 Å². The Labute approximate surface area is 119 Å². The summed E-state index contributed by atoms with van der Waals surface area (Å²) in [6.45, 7) is 2.21. The third-order valence-electron chi connectivity index (χ3n) is 5.25. The Balaban J connectivity index is 2.06. The van der Waals surface area contributed by atoms with Crippen LogP contribution in [0.4, 0.5) is 4.39 Å². The van der Waals surface area contributed by atoms with Crippen LogP contribution in [-0.4, -0.2) is 0 Å². The molecule has 1 fully saturated rings. The molecule has 102 valence electrons. The number of halogens is 1. The molecule has 0 bridgehead atoms. The van der Waals surface area contributed by atoms with E-state index in [1.165, 1.54) is 59.9 Å².